The van der Waals surface area contributed by atoms with E-state index in [1.54, 1.807) is 23.2 Å². The summed E-state index contributed by atoms with van der Waals surface area (Å²) in [4.78, 5) is 36.4. The zero-order valence-corrected chi connectivity index (χ0v) is 30.4. The number of ether oxygens (including phenoxy) is 2. The van der Waals surface area contributed by atoms with Crippen LogP contribution in [0.25, 0.3) is 5.82 Å². The smallest absolute Gasteiger partial charge is 0.423 e. The minimum Gasteiger partial charge on any atom is -0.425 e. The zero-order chi connectivity index (χ0) is 34.7. The first-order valence-electron chi connectivity index (χ1n) is 18.0. The molecule has 0 bridgehead atoms. The number of nitrogens with zero attached hydrogens (tertiary/aromatic N) is 3. The lowest BCUT2D eigenvalue weighted by Gasteiger charge is -2.36. The molecule has 264 valence electrons. The first kappa shape index (κ1) is 37.9. The average molecular weight is 687 g/mol. The van der Waals surface area contributed by atoms with Crippen molar-refractivity contribution in [1.29, 1.82) is 0 Å². The molecule has 1 saturated heterocycles. The van der Waals surface area contributed by atoms with Gasteiger partial charge in [-0.1, -0.05) is 86.9 Å². The maximum absolute atomic E-state index is 13.9. The van der Waals surface area contributed by atoms with Gasteiger partial charge in [0.2, 0.25) is 6.29 Å². The number of carbonyl (C=O) groups is 2. The van der Waals surface area contributed by atoms with E-state index in [9.17, 15) is 9.59 Å². The number of aryl methyl sites for hydroxylation is 1. The number of benzene rings is 1. The molecule has 4 rings (SSSR count). The molecule has 49 heavy (non-hydrogen) atoms. The first-order chi connectivity index (χ1) is 24.0. The number of para-hydroxylation sites is 2. The monoisotopic (exact) mass is 686 g/mol. The summed E-state index contributed by atoms with van der Waals surface area (Å²) in [5.74, 6) is 0.397. The quantitative estimate of drug-likeness (QED) is 0.0735. The molecule has 2 aromatic rings. The SMILES string of the molecule is CC/C=C/C/C=C/C/C=C/C/C=C/CCCCCCCC(=O)OC(C)OC(=O)N1C(N2CCNCC2)=c2cc(C)sc2=Nc2ccccc21. The van der Waals surface area contributed by atoms with E-state index >= 15 is 0 Å². The third kappa shape index (κ3) is 12.5. The van der Waals surface area contributed by atoms with E-state index in [-0.39, 0.29) is 5.97 Å². The van der Waals surface area contributed by atoms with Gasteiger partial charge in [0.05, 0.1) is 16.6 Å². The van der Waals surface area contributed by atoms with Crippen LogP contribution in [0.15, 0.2) is 83.9 Å². The molecule has 8 nitrogen and oxygen atoms in total. The lowest BCUT2D eigenvalue weighted by atomic mass is 10.1. The number of amides is 1. The Morgan fingerprint density at radius 2 is 1.55 bits per heavy atom. The summed E-state index contributed by atoms with van der Waals surface area (Å²) in [5.41, 5.74) is 1.33. The highest BCUT2D eigenvalue weighted by Crippen LogP contribution is 2.34. The highest BCUT2D eigenvalue weighted by atomic mass is 32.1. The van der Waals surface area contributed by atoms with Crippen LogP contribution in [-0.2, 0) is 14.3 Å². The molecule has 0 radical (unpaired) electrons. The molecule has 2 aliphatic rings. The van der Waals surface area contributed by atoms with Crippen molar-refractivity contribution in [1.82, 2.24) is 10.2 Å². The van der Waals surface area contributed by atoms with Crippen LogP contribution < -0.4 is 20.1 Å². The molecule has 1 atom stereocenters. The fraction of sp³-hybridized carbons (Fsp3) is 0.475. The number of thiophene rings is 1. The third-order valence-corrected chi connectivity index (χ3v) is 9.21. The van der Waals surface area contributed by atoms with Crippen molar-refractivity contribution in [3.05, 3.63) is 93.7 Å². The number of esters is 1. The number of hydrogen-bond donors (Lipinski definition) is 1. The van der Waals surface area contributed by atoms with E-state index in [4.69, 9.17) is 14.5 Å². The van der Waals surface area contributed by atoms with Gasteiger partial charge in [0.25, 0.3) is 0 Å². The second kappa shape index (κ2) is 21.2. The Morgan fingerprint density at radius 1 is 0.898 bits per heavy atom. The maximum atomic E-state index is 13.9. The Kier molecular flexibility index (Phi) is 16.4. The van der Waals surface area contributed by atoms with Crippen LogP contribution in [-0.4, -0.2) is 49.4 Å². The number of piperazine rings is 1. The number of carbonyl (C=O) groups excluding carboxylic acids is 2. The summed E-state index contributed by atoms with van der Waals surface area (Å²) in [6.07, 6.45) is 26.7. The summed E-state index contributed by atoms with van der Waals surface area (Å²) >= 11 is 1.61. The number of fused-ring (bicyclic) bond motifs is 2. The summed E-state index contributed by atoms with van der Waals surface area (Å²) in [5, 5.41) is 4.29. The number of hydrogen-bond acceptors (Lipinski definition) is 8. The Labute approximate surface area is 296 Å². The van der Waals surface area contributed by atoms with E-state index in [1.807, 2.05) is 31.2 Å². The van der Waals surface area contributed by atoms with Gasteiger partial charge in [-0.2, -0.15) is 0 Å². The molecular formula is C40H54N4O4S. The van der Waals surface area contributed by atoms with Crippen molar-refractivity contribution in [3.8, 4) is 0 Å². The van der Waals surface area contributed by atoms with Crippen LogP contribution in [0.4, 0.5) is 16.2 Å². The van der Waals surface area contributed by atoms with Crippen molar-refractivity contribution < 1.29 is 19.1 Å². The number of anilines is 1. The van der Waals surface area contributed by atoms with Gasteiger partial charge < -0.3 is 19.7 Å². The number of allylic oxidation sites excluding steroid dienone is 8. The highest BCUT2D eigenvalue weighted by Gasteiger charge is 2.32. The van der Waals surface area contributed by atoms with Crippen molar-refractivity contribution in [2.75, 3.05) is 31.1 Å². The second-order valence-electron chi connectivity index (χ2n) is 12.3. The molecule has 1 aromatic carbocycles. The normalized spacial score (nSPS) is 15.5. The number of rotatable bonds is 18. The fourth-order valence-corrected chi connectivity index (χ4v) is 6.72. The molecule has 1 fully saturated rings. The molecule has 1 unspecified atom stereocenters. The average Bonchev–Trinajstić information content (AvgIpc) is 3.39. The summed E-state index contributed by atoms with van der Waals surface area (Å²) in [7, 11) is 0. The molecular weight excluding hydrogens is 633 g/mol. The molecule has 0 spiro atoms. The van der Waals surface area contributed by atoms with Gasteiger partial charge in [0, 0.05) is 44.4 Å². The first-order valence-corrected chi connectivity index (χ1v) is 18.8. The minimum absolute atomic E-state index is 0.305. The topological polar surface area (TPSA) is 83.5 Å². The van der Waals surface area contributed by atoms with Crippen LogP contribution in [0.5, 0.6) is 0 Å². The molecule has 2 aliphatic heterocycles. The van der Waals surface area contributed by atoms with Crippen molar-refractivity contribution in [3.63, 3.8) is 0 Å². The summed E-state index contributed by atoms with van der Waals surface area (Å²) in [6, 6.07) is 9.68. The van der Waals surface area contributed by atoms with Crippen LogP contribution in [0.3, 0.4) is 0 Å². The van der Waals surface area contributed by atoms with E-state index in [1.165, 1.54) is 0 Å². The van der Waals surface area contributed by atoms with Crippen LogP contribution >= 0.6 is 11.3 Å². The van der Waals surface area contributed by atoms with Gasteiger partial charge in [-0.25, -0.2) is 14.7 Å². The lowest BCUT2D eigenvalue weighted by Crippen LogP contribution is -2.51. The molecule has 0 saturated carbocycles. The van der Waals surface area contributed by atoms with Crippen LogP contribution in [0.2, 0.25) is 0 Å². The van der Waals surface area contributed by atoms with E-state index in [0.717, 1.165) is 111 Å². The number of nitrogens with one attached hydrogen (secondary N) is 1. The Hall–Kier alpha value is -3.95. The predicted octanol–water partition coefficient (Wildman–Crippen LogP) is 8.36. The van der Waals surface area contributed by atoms with E-state index < -0.39 is 12.4 Å². The second-order valence-corrected chi connectivity index (χ2v) is 13.6. The molecule has 0 aliphatic carbocycles. The van der Waals surface area contributed by atoms with Gasteiger partial charge in [-0.15, -0.1) is 11.3 Å². The van der Waals surface area contributed by atoms with E-state index in [0.29, 0.717) is 17.8 Å². The van der Waals surface area contributed by atoms with Crippen molar-refractivity contribution in [2.45, 2.75) is 97.7 Å². The predicted molar refractivity (Wildman–Crippen MR) is 201 cm³/mol. The van der Waals surface area contributed by atoms with Crippen molar-refractivity contribution in [2.24, 2.45) is 4.99 Å². The number of unbranched alkanes of at least 4 members (excludes halogenated alkanes) is 5. The van der Waals surface area contributed by atoms with Crippen molar-refractivity contribution >= 4 is 40.6 Å². The summed E-state index contributed by atoms with van der Waals surface area (Å²) in [6.45, 7) is 8.90. The Balaban J connectivity index is 1.18. The lowest BCUT2D eigenvalue weighted by molar-refractivity contribution is -0.164. The molecule has 1 aromatic heterocycles. The van der Waals surface area contributed by atoms with Gasteiger partial charge >= 0.3 is 12.1 Å². The Morgan fingerprint density at radius 3 is 2.29 bits per heavy atom. The van der Waals surface area contributed by atoms with Gasteiger partial charge in [0.15, 0.2) is 0 Å². The molecule has 9 heteroatoms. The maximum Gasteiger partial charge on any atom is 0.423 e. The Bertz CT molecular complexity index is 1590. The van der Waals surface area contributed by atoms with Crippen LogP contribution in [0, 0.1) is 6.92 Å². The largest absolute Gasteiger partial charge is 0.425 e. The highest BCUT2D eigenvalue weighted by molar-refractivity contribution is 7.09. The molecule has 1 amide bonds. The minimum atomic E-state index is -1.02. The van der Waals surface area contributed by atoms with Gasteiger partial charge in [0.1, 0.15) is 10.5 Å². The van der Waals surface area contributed by atoms with Crippen LogP contribution in [0.1, 0.15) is 89.4 Å². The molecule has 1 N–H and O–H groups in total. The van der Waals surface area contributed by atoms with E-state index in [2.05, 4.69) is 71.8 Å². The summed E-state index contributed by atoms with van der Waals surface area (Å²) < 4.78 is 12.2. The third-order valence-electron chi connectivity index (χ3n) is 8.27. The fourth-order valence-electron chi connectivity index (χ4n) is 5.83. The van der Waals surface area contributed by atoms with Gasteiger partial charge in [-0.3, -0.25) is 4.79 Å². The molecule has 3 heterocycles. The van der Waals surface area contributed by atoms with Gasteiger partial charge in [-0.05, 0) is 70.1 Å². The standard InChI is InChI=1S/C40H54N4O4S/c1-4-5-6-7-8-9-10-11-12-13-14-15-16-17-18-19-20-21-26-37(45)47-33(3)48-40(46)44-36-25-23-22-24-35(36)42-38-34(31-32(2)49-38)39(44)43-29-27-41-28-30-43/h5-6,8-9,11-12,14-15,22-25,31,33,41H,4,7,10,13,16-21,26-30H2,1-3H3/b6-5+,9-8+,12-11+,15-14+. The zero-order valence-electron chi connectivity index (χ0n) is 29.6.